The largest absolute Gasteiger partial charge is 0.192 e. The van der Waals surface area contributed by atoms with E-state index in [0.717, 1.165) is 6.42 Å². The van der Waals surface area contributed by atoms with Crippen LogP contribution in [0.5, 0.6) is 0 Å². The lowest BCUT2D eigenvalue weighted by molar-refractivity contribution is 1.22. The van der Waals surface area contributed by atoms with E-state index in [0.29, 0.717) is 5.22 Å². The molecule has 0 unspecified atom stereocenters. The molecule has 0 atom stereocenters. The Balaban J connectivity index is 1.89. The van der Waals surface area contributed by atoms with Crippen LogP contribution in [0.2, 0.25) is 0 Å². The second-order valence-electron chi connectivity index (χ2n) is 6.12. The molecule has 1 aliphatic carbocycles. The van der Waals surface area contributed by atoms with Crippen molar-refractivity contribution in [3.63, 3.8) is 0 Å². The number of nitriles is 2. The van der Waals surface area contributed by atoms with Crippen LogP contribution < -0.4 is 10.4 Å². The van der Waals surface area contributed by atoms with E-state index in [1.807, 2.05) is 53.9 Å². The fraction of sp³-hybridized carbons (Fsp3) is 0.143. The second kappa shape index (κ2) is 6.15. The summed E-state index contributed by atoms with van der Waals surface area (Å²) in [5, 5.41) is 22.6. The maximum Gasteiger partial charge on any atom is 0.136 e. The van der Waals surface area contributed by atoms with Crippen LogP contribution >= 0.6 is 23.5 Å². The molecule has 25 heavy (non-hydrogen) atoms. The number of rotatable bonds is 0. The molecular formula is C21H14N2S2. The van der Waals surface area contributed by atoms with Crippen LogP contribution in [0.4, 0.5) is 0 Å². The summed E-state index contributed by atoms with van der Waals surface area (Å²) in [6.45, 7) is 4.34. The Kier molecular flexibility index (Phi) is 3.96. The van der Waals surface area contributed by atoms with E-state index in [1.165, 1.54) is 40.8 Å². The first-order valence-electron chi connectivity index (χ1n) is 7.95. The first-order chi connectivity index (χ1) is 12.1. The smallest absolute Gasteiger partial charge is 0.136 e. The Morgan fingerprint density at radius 3 is 2.12 bits per heavy atom. The summed E-state index contributed by atoms with van der Waals surface area (Å²) >= 11 is 3.70. The van der Waals surface area contributed by atoms with Gasteiger partial charge in [-0.1, -0.05) is 47.8 Å². The quantitative estimate of drug-likeness (QED) is 0.612. The maximum absolute atomic E-state index is 9.08. The minimum Gasteiger partial charge on any atom is -0.192 e. The van der Waals surface area contributed by atoms with Gasteiger partial charge in [0.15, 0.2) is 0 Å². The Morgan fingerprint density at radius 1 is 0.880 bits per heavy atom. The summed E-state index contributed by atoms with van der Waals surface area (Å²) in [7, 11) is 0. The molecule has 1 heterocycles. The summed E-state index contributed by atoms with van der Waals surface area (Å²) in [4.78, 5) is 2.76. The molecule has 0 amide bonds. The monoisotopic (exact) mass is 358 g/mol. The van der Waals surface area contributed by atoms with Gasteiger partial charge in [0, 0.05) is 5.22 Å². The Bertz CT molecular complexity index is 1220. The molecule has 2 aliphatic rings. The van der Waals surface area contributed by atoms with Gasteiger partial charge >= 0.3 is 0 Å². The first kappa shape index (κ1) is 16.1. The van der Waals surface area contributed by atoms with Gasteiger partial charge in [-0.2, -0.15) is 10.5 Å². The number of hydrogen-bond donors (Lipinski definition) is 0. The molecule has 2 nitrogen and oxygen atoms in total. The van der Waals surface area contributed by atoms with Crippen molar-refractivity contribution in [2.75, 3.05) is 0 Å². The van der Waals surface area contributed by atoms with Crippen LogP contribution in [0.15, 0.2) is 46.2 Å². The molecule has 2 aromatic rings. The topological polar surface area (TPSA) is 47.6 Å². The van der Waals surface area contributed by atoms with Gasteiger partial charge < -0.3 is 0 Å². The number of thioether (sulfide) groups is 2. The van der Waals surface area contributed by atoms with E-state index in [9.17, 15) is 0 Å². The van der Waals surface area contributed by atoms with E-state index in [1.54, 1.807) is 0 Å². The molecule has 4 heteroatoms. The molecule has 0 saturated carbocycles. The van der Waals surface area contributed by atoms with Crippen molar-refractivity contribution in [2.24, 2.45) is 0 Å². The zero-order chi connectivity index (χ0) is 17.6. The van der Waals surface area contributed by atoms with Gasteiger partial charge in [0.2, 0.25) is 0 Å². The number of fused-ring (bicyclic) bond motifs is 2. The van der Waals surface area contributed by atoms with Crippen molar-refractivity contribution in [3.05, 3.63) is 78.2 Å². The van der Waals surface area contributed by atoms with Gasteiger partial charge in [-0.25, -0.2) is 0 Å². The second-order valence-corrected chi connectivity index (χ2v) is 8.83. The van der Waals surface area contributed by atoms with Crippen molar-refractivity contribution < 1.29 is 0 Å². The summed E-state index contributed by atoms with van der Waals surface area (Å²) in [5.74, 6) is 0. The lowest BCUT2D eigenvalue weighted by atomic mass is 10.1. The highest BCUT2D eigenvalue weighted by Crippen LogP contribution is 2.48. The Labute approximate surface area is 154 Å². The van der Waals surface area contributed by atoms with E-state index in [2.05, 4.69) is 32.0 Å². The number of benzene rings is 2. The van der Waals surface area contributed by atoms with Crippen molar-refractivity contribution in [3.8, 4) is 12.1 Å². The van der Waals surface area contributed by atoms with Crippen molar-refractivity contribution in [1.29, 1.82) is 10.5 Å². The Hall–Kier alpha value is -2.40. The highest BCUT2D eigenvalue weighted by molar-refractivity contribution is 8.35. The van der Waals surface area contributed by atoms with Gasteiger partial charge in [-0.05, 0) is 69.0 Å². The average molecular weight is 358 g/mol. The van der Waals surface area contributed by atoms with Crippen LogP contribution in [0, 0.1) is 33.1 Å². The highest BCUT2D eigenvalue weighted by atomic mass is 32.2. The third kappa shape index (κ3) is 2.68. The van der Waals surface area contributed by atoms with Crippen molar-refractivity contribution in [1.82, 2.24) is 0 Å². The van der Waals surface area contributed by atoms with Crippen molar-refractivity contribution in [2.45, 2.75) is 20.3 Å². The summed E-state index contributed by atoms with van der Waals surface area (Å²) in [6.07, 6.45) is 0.852. The van der Waals surface area contributed by atoms with Gasteiger partial charge in [-0.3, -0.25) is 0 Å². The van der Waals surface area contributed by atoms with Crippen LogP contribution in [0.1, 0.15) is 25.0 Å². The maximum atomic E-state index is 9.08. The SMILES string of the molecule is CC1=C(C)SC(=c2ccc3c(c2)Cc2cc(=C(C#N)C#N)ccc2=3)S1. The van der Waals surface area contributed by atoms with Gasteiger partial charge in [0.1, 0.15) is 17.7 Å². The molecule has 1 aliphatic heterocycles. The van der Waals surface area contributed by atoms with E-state index in [4.69, 9.17) is 10.5 Å². The lowest BCUT2D eigenvalue weighted by Crippen LogP contribution is -2.05. The van der Waals surface area contributed by atoms with E-state index in [-0.39, 0.29) is 5.57 Å². The molecule has 0 radical (unpaired) electrons. The molecule has 2 aromatic carbocycles. The average Bonchev–Trinajstić information content (AvgIpc) is 3.15. The van der Waals surface area contributed by atoms with Gasteiger partial charge in [0.05, 0.1) is 4.24 Å². The molecule has 0 bridgehead atoms. The minimum atomic E-state index is 0.172. The number of allylic oxidation sites excluding steroid dienone is 2. The molecule has 0 spiro atoms. The lowest BCUT2D eigenvalue weighted by Gasteiger charge is -1.99. The van der Waals surface area contributed by atoms with Crippen LogP contribution in [-0.4, -0.2) is 0 Å². The Morgan fingerprint density at radius 2 is 1.48 bits per heavy atom. The molecule has 0 N–H and O–H groups in total. The van der Waals surface area contributed by atoms with Crippen LogP contribution in [0.3, 0.4) is 0 Å². The number of nitrogens with zero attached hydrogens (tertiary/aromatic N) is 2. The highest BCUT2D eigenvalue weighted by Gasteiger charge is 2.16. The van der Waals surface area contributed by atoms with Crippen molar-refractivity contribution >= 4 is 33.3 Å². The molecule has 0 fully saturated rings. The number of hydrogen-bond acceptors (Lipinski definition) is 4. The summed E-state index contributed by atoms with van der Waals surface area (Å²) < 4.78 is 1.35. The predicted molar refractivity (Wildman–Crippen MR) is 104 cm³/mol. The molecule has 0 saturated heterocycles. The van der Waals surface area contributed by atoms with Gasteiger partial charge in [-0.15, -0.1) is 0 Å². The fourth-order valence-corrected chi connectivity index (χ4v) is 5.71. The first-order valence-corrected chi connectivity index (χ1v) is 9.58. The molecular weight excluding hydrogens is 344 g/mol. The summed E-state index contributed by atoms with van der Waals surface area (Å²) in [5.41, 5.74) is 2.68. The standard InChI is InChI=1S/C21H14N2S2/c1-12-13(2)25-21(24-12)15-4-6-20-17(8-15)9-16-7-14(3-5-19(16)20)18(10-22)11-23/h3-8H,9H2,1-2H3. The van der Waals surface area contributed by atoms with Crippen LogP contribution in [0.25, 0.3) is 9.81 Å². The fourth-order valence-electron chi connectivity index (χ4n) is 3.21. The molecule has 0 aromatic heterocycles. The third-order valence-electron chi connectivity index (χ3n) is 4.62. The summed E-state index contributed by atoms with van der Waals surface area (Å²) in [6, 6.07) is 16.5. The molecule has 120 valence electrons. The minimum absolute atomic E-state index is 0.172. The van der Waals surface area contributed by atoms with Crippen LogP contribution in [-0.2, 0) is 6.42 Å². The van der Waals surface area contributed by atoms with E-state index < -0.39 is 0 Å². The zero-order valence-corrected chi connectivity index (χ0v) is 15.5. The molecule has 4 rings (SSSR count). The van der Waals surface area contributed by atoms with Gasteiger partial charge in [0.25, 0.3) is 0 Å². The normalized spacial score (nSPS) is 14.8. The van der Waals surface area contributed by atoms with E-state index >= 15 is 0 Å². The third-order valence-corrected chi connectivity index (χ3v) is 7.31. The zero-order valence-electron chi connectivity index (χ0n) is 13.9. The predicted octanol–water partition coefficient (Wildman–Crippen LogP) is 3.87.